The van der Waals surface area contributed by atoms with Crippen molar-refractivity contribution in [1.29, 1.82) is 0 Å². The topological polar surface area (TPSA) is 90.4 Å². The van der Waals surface area contributed by atoms with Crippen LogP contribution in [0.1, 0.15) is 0 Å². The van der Waals surface area contributed by atoms with E-state index in [2.05, 4.69) is 5.43 Å². The van der Waals surface area contributed by atoms with E-state index < -0.39 is 10.7 Å². The molecule has 8 heteroatoms. The van der Waals surface area contributed by atoms with E-state index in [0.29, 0.717) is 5.69 Å². The van der Waals surface area contributed by atoms with Gasteiger partial charge in [-0.05, 0) is 18.2 Å². The fourth-order valence-corrected chi connectivity index (χ4v) is 1.72. The molecule has 2 aromatic carbocycles. The first-order valence-corrected chi connectivity index (χ1v) is 5.76. The van der Waals surface area contributed by atoms with Crippen LogP contribution in [0.5, 0.6) is 11.5 Å². The highest BCUT2D eigenvalue weighted by Crippen LogP contribution is 2.33. The summed E-state index contributed by atoms with van der Waals surface area (Å²) in [6.45, 7) is 0. The van der Waals surface area contributed by atoms with Crippen molar-refractivity contribution in [1.82, 2.24) is 0 Å². The van der Waals surface area contributed by atoms with Crippen molar-refractivity contribution in [3.63, 3.8) is 0 Å². The molecule has 0 spiro atoms. The minimum atomic E-state index is -0.583. The third-order valence-electron chi connectivity index (χ3n) is 2.39. The molecular formula is C12H9ClFN3O3. The van der Waals surface area contributed by atoms with E-state index in [9.17, 15) is 14.5 Å². The molecular weight excluding hydrogens is 289 g/mol. The van der Waals surface area contributed by atoms with Crippen molar-refractivity contribution in [2.45, 2.75) is 0 Å². The zero-order chi connectivity index (χ0) is 14.7. The summed E-state index contributed by atoms with van der Waals surface area (Å²) >= 11 is 5.82. The van der Waals surface area contributed by atoms with Crippen LogP contribution in [0, 0.1) is 15.9 Å². The van der Waals surface area contributed by atoms with Crippen molar-refractivity contribution in [3.8, 4) is 11.5 Å². The summed E-state index contributed by atoms with van der Waals surface area (Å²) in [6, 6.07) is 7.48. The largest absolute Gasteiger partial charge is 0.455 e. The van der Waals surface area contributed by atoms with Gasteiger partial charge < -0.3 is 10.2 Å². The lowest BCUT2D eigenvalue weighted by Crippen LogP contribution is -2.07. The average Bonchev–Trinajstić information content (AvgIpc) is 2.41. The standard InChI is InChI=1S/C12H9ClFN3O3/c13-11-3-7(14)1-2-12(11)20-10-5-8(16-15)4-9(6-10)17(18)19/h1-6,16H,15H2. The number of nitro groups is 1. The lowest BCUT2D eigenvalue weighted by atomic mass is 10.2. The number of benzene rings is 2. The molecule has 0 fully saturated rings. The number of nitrogen functional groups attached to an aromatic ring is 1. The quantitative estimate of drug-likeness (QED) is 0.512. The SMILES string of the molecule is NNc1cc(Oc2ccc(F)cc2Cl)cc([N+](=O)[O-])c1. The number of hydrazine groups is 1. The number of nitrogens with one attached hydrogen (secondary N) is 1. The first-order chi connectivity index (χ1) is 9.49. The number of nitrogens with zero attached hydrogens (tertiary/aromatic N) is 1. The number of hydrogen-bond acceptors (Lipinski definition) is 5. The molecule has 6 nitrogen and oxygen atoms in total. The van der Waals surface area contributed by atoms with E-state index in [0.717, 1.165) is 6.07 Å². The normalized spacial score (nSPS) is 10.2. The number of nitrogens with two attached hydrogens (primary N) is 1. The Bertz CT molecular complexity index is 666. The molecule has 0 aliphatic rings. The Morgan fingerprint density at radius 1 is 1.30 bits per heavy atom. The van der Waals surface area contributed by atoms with Gasteiger partial charge in [-0.15, -0.1) is 0 Å². The molecule has 0 bridgehead atoms. The monoisotopic (exact) mass is 297 g/mol. The molecule has 2 aromatic rings. The van der Waals surface area contributed by atoms with Gasteiger partial charge in [0.05, 0.1) is 21.7 Å². The predicted octanol–water partition coefficient (Wildman–Crippen LogP) is 3.47. The molecule has 0 saturated heterocycles. The Kier molecular flexibility index (Phi) is 4.02. The molecule has 0 radical (unpaired) electrons. The fraction of sp³-hybridized carbons (Fsp3) is 0. The van der Waals surface area contributed by atoms with Crippen LogP contribution in [0.25, 0.3) is 0 Å². The van der Waals surface area contributed by atoms with Crippen molar-refractivity contribution in [2.75, 3.05) is 5.43 Å². The van der Waals surface area contributed by atoms with Crippen LogP contribution < -0.4 is 16.0 Å². The van der Waals surface area contributed by atoms with Crippen molar-refractivity contribution in [3.05, 3.63) is 57.4 Å². The van der Waals surface area contributed by atoms with Gasteiger partial charge in [0.1, 0.15) is 17.3 Å². The molecule has 0 unspecified atom stereocenters. The molecule has 0 atom stereocenters. The summed E-state index contributed by atoms with van der Waals surface area (Å²) < 4.78 is 18.3. The summed E-state index contributed by atoms with van der Waals surface area (Å²) in [4.78, 5) is 10.2. The minimum absolute atomic E-state index is 0.0544. The second kappa shape index (κ2) is 5.72. The molecule has 0 aromatic heterocycles. The maximum atomic E-state index is 12.9. The smallest absolute Gasteiger partial charge is 0.275 e. The second-order valence-corrected chi connectivity index (χ2v) is 4.20. The van der Waals surface area contributed by atoms with E-state index in [4.69, 9.17) is 22.2 Å². The van der Waals surface area contributed by atoms with Crippen LogP contribution in [0.4, 0.5) is 15.8 Å². The van der Waals surface area contributed by atoms with Gasteiger partial charge in [0.25, 0.3) is 5.69 Å². The number of halogens is 2. The summed E-state index contributed by atoms with van der Waals surface area (Å²) in [5, 5.41) is 10.8. The maximum absolute atomic E-state index is 12.9. The first kappa shape index (κ1) is 14.0. The predicted molar refractivity (Wildman–Crippen MR) is 72.4 cm³/mol. The fourth-order valence-electron chi connectivity index (χ4n) is 1.52. The highest BCUT2D eigenvalue weighted by Gasteiger charge is 2.12. The van der Waals surface area contributed by atoms with Gasteiger partial charge in [-0.1, -0.05) is 11.6 Å². The van der Waals surface area contributed by atoms with E-state index in [1.54, 1.807) is 0 Å². The highest BCUT2D eigenvalue weighted by molar-refractivity contribution is 6.32. The molecule has 20 heavy (non-hydrogen) atoms. The number of rotatable bonds is 4. The van der Waals surface area contributed by atoms with Gasteiger partial charge >= 0.3 is 0 Å². The molecule has 0 amide bonds. The zero-order valence-corrected chi connectivity index (χ0v) is 10.7. The van der Waals surface area contributed by atoms with E-state index >= 15 is 0 Å². The van der Waals surface area contributed by atoms with Gasteiger partial charge in [-0.3, -0.25) is 16.0 Å². The minimum Gasteiger partial charge on any atom is -0.455 e. The van der Waals surface area contributed by atoms with Crippen LogP contribution in [0.15, 0.2) is 36.4 Å². The lowest BCUT2D eigenvalue weighted by Gasteiger charge is -2.09. The lowest BCUT2D eigenvalue weighted by molar-refractivity contribution is -0.384. The Balaban J connectivity index is 2.37. The van der Waals surface area contributed by atoms with Gasteiger partial charge in [-0.2, -0.15) is 0 Å². The Morgan fingerprint density at radius 2 is 2.05 bits per heavy atom. The van der Waals surface area contributed by atoms with Crippen molar-refractivity contribution >= 4 is 23.0 Å². The van der Waals surface area contributed by atoms with Crippen molar-refractivity contribution < 1.29 is 14.1 Å². The Labute approximate surface area is 118 Å². The molecule has 0 aliphatic carbocycles. The van der Waals surface area contributed by atoms with Gasteiger partial charge in [0.2, 0.25) is 0 Å². The average molecular weight is 298 g/mol. The van der Waals surface area contributed by atoms with Gasteiger partial charge in [0.15, 0.2) is 0 Å². The van der Waals surface area contributed by atoms with E-state index in [1.807, 2.05) is 0 Å². The molecule has 0 aliphatic heterocycles. The summed E-state index contributed by atoms with van der Waals surface area (Å²) in [5.41, 5.74) is 2.39. The number of hydrogen-bond donors (Lipinski definition) is 2. The van der Waals surface area contributed by atoms with Gasteiger partial charge in [0, 0.05) is 12.1 Å². The summed E-state index contributed by atoms with van der Waals surface area (Å²) in [7, 11) is 0. The third-order valence-corrected chi connectivity index (χ3v) is 2.69. The van der Waals surface area contributed by atoms with Crippen LogP contribution in [0.2, 0.25) is 5.02 Å². The second-order valence-electron chi connectivity index (χ2n) is 3.79. The first-order valence-electron chi connectivity index (χ1n) is 5.38. The van der Waals surface area contributed by atoms with Crippen LogP contribution in [0.3, 0.4) is 0 Å². The molecule has 104 valence electrons. The van der Waals surface area contributed by atoms with Crippen LogP contribution >= 0.6 is 11.6 Å². The molecule has 3 N–H and O–H groups in total. The van der Waals surface area contributed by atoms with Crippen molar-refractivity contribution in [2.24, 2.45) is 5.84 Å². The van der Waals surface area contributed by atoms with Crippen LogP contribution in [-0.2, 0) is 0 Å². The zero-order valence-electron chi connectivity index (χ0n) is 9.97. The Morgan fingerprint density at radius 3 is 2.65 bits per heavy atom. The number of ether oxygens (including phenoxy) is 1. The molecule has 2 rings (SSSR count). The highest BCUT2D eigenvalue weighted by atomic mass is 35.5. The van der Waals surface area contributed by atoms with E-state index in [-0.39, 0.29) is 22.2 Å². The summed E-state index contributed by atoms with van der Waals surface area (Å²) in [6.07, 6.45) is 0. The number of non-ortho nitro benzene ring substituents is 1. The number of nitro benzene ring substituents is 1. The maximum Gasteiger partial charge on any atom is 0.275 e. The van der Waals surface area contributed by atoms with E-state index in [1.165, 1.54) is 30.3 Å². The number of anilines is 1. The third kappa shape index (κ3) is 3.14. The molecule has 0 saturated carbocycles. The summed E-state index contributed by atoms with van der Waals surface area (Å²) in [5.74, 6) is 5.05. The molecule has 0 heterocycles. The Hall–Kier alpha value is -2.38. The van der Waals surface area contributed by atoms with Crippen LogP contribution in [-0.4, -0.2) is 4.92 Å². The van der Waals surface area contributed by atoms with Gasteiger partial charge in [-0.25, -0.2) is 4.39 Å².